The summed E-state index contributed by atoms with van der Waals surface area (Å²) in [5.41, 5.74) is 0.741. The minimum atomic E-state index is -0.607. The van der Waals surface area contributed by atoms with Gasteiger partial charge in [-0.25, -0.2) is 0 Å². The van der Waals surface area contributed by atoms with Crippen LogP contribution in [0.3, 0.4) is 0 Å². The third kappa shape index (κ3) is 4.42. The summed E-state index contributed by atoms with van der Waals surface area (Å²) in [7, 11) is 1.47. The van der Waals surface area contributed by atoms with Crippen LogP contribution in [0.2, 0.25) is 15.1 Å². The standard InChI is InChI=1S/C17H11Cl3N2O2/c1-24-16-5-4-13(19)8-15(16)22-17(23)11(9-21)6-10-2-3-12(18)7-14(10)20/h2-8H,1H3,(H,22,23)/b11-6+. The Morgan fingerprint density at radius 2 is 1.83 bits per heavy atom. The van der Waals surface area contributed by atoms with Gasteiger partial charge in [-0.05, 0) is 42.0 Å². The molecule has 2 aromatic carbocycles. The van der Waals surface area contributed by atoms with Gasteiger partial charge >= 0.3 is 0 Å². The van der Waals surface area contributed by atoms with Crippen LogP contribution in [0, 0.1) is 11.3 Å². The molecule has 0 radical (unpaired) electrons. The van der Waals surface area contributed by atoms with E-state index in [-0.39, 0.29) is 5.57 Å². The fraction of sp³-hybridized carbons (Fsp3) is 0.0588. The van der Waals surface area contributed by atoms with Gasteiger partial charge in [0.25, 0.3) is 5.91 Å². The van der Waals surface area contributed by atoms with Crippen LogP contribution in [0.4, 0.5) is 5.69 Å². The second-order valence-corrected chi connectivity index (χ2v) is 5.91. The Morgan fingerprint density at radius 1 is 1.17 bits per heavy atom. The van der Waals surface area contributed by atoms with Crippen LogP contribution < -0.4 is 10.1 Å². The largest absolute Gasteiger partial charge is 0.495 e. The van der Waals surface area contributed by atoms with Gasteiger partial charge in [0.1, 0.15) is 17.4 Å². The second kappa shape index (κ2) is 8.07. The summed E-state index contributed by atoms with van der Waals surface area (Å²) in [6, 6.07) is 11.4. The summed E-state index contributed by atoms with van der Waals surface area (Å²) in [6.45, 7) is 0. The zero-order valence-corrected chi connectivity index (χ0v) is 14.7. The van der Waals surface area contributed by atoms with Gasteiger partial charge in [0.15, 0.2) is 0 Å². The van der Waals surface area contributed by atoms with Gasteiger partial charge < -0.3 is 10.1 Å². The normalized spacial score (nSPS) is 10.9. The summed E-state index contributed by atoms with van der Waals surface area (Å²) < 4.78 is 5.15. The molecule has 7 heteroatoms. The van der Waals surface area contributed by atoms with E-state index in [1.54, 1.807) is 24.3 Å². The fourth-order valence-corrected chi connectivity index (χ4v) is 2.53. The van der Waals surface area contributed by atoms with Crippen molar-refractivity contribution in [2.24, 2.45) is 0 Å². The lowest BCUT2D eigenvalue weighted by Crippen LogP contribution is -2.14. The van der Waals surface area contributed by atoms with Crippen molar-refractivity contribution in [2.75, 3.05) is 12.4 Å². The molecule has 0 heterocycles. The van der Waals surface area contributed by atoms with Crippen molar-refractivity contribution in [1.82, 2.24) is 0 Å². The molecular weight excluding hydrogens is 371 g/mol. The first kappa shape index (κ1) is 18.2. The zero-order valence-electron chi connectivity index (χ0n) is 12.4. The highest BCUT2D eigenvalue weighted by molar-refractivity contribution is 6.35. The first-order chi connectivity index (χ1) is 11.4. The fourth-order valence-electron chi connectivity index (χ4n) is 1.89. The summed E-state index contributed by atoms with van der Waals surface area (Å²) in [6.07, 6.45) is 1.38. The van der Waals surface area contributed by atoms with E-state index in [2.05, 4.69) is 5.32 Å². The Labute approximate surface area is 154 Å². The van der Waals surface area contributed by atoms with Gasteiger partial charge in [-0.2, -0.15) is 5.26 Å². The van der Waals surface area contributed by atoms with E-state index >= 15 is 0 Å². The van der Waals surface area contributed by atoms with Gasteiger partial charge in [-0.15, -0.1) is 0 Å². The minimum Gasteiger partial charge on any atom is -0.495 e. The van der Waals surface area contributed by atoms with Crippen molar-refractivity contribution in [3.05, 3.63) is 62.6 Å². The number of benzene rings is 2. The third-order valence-electron chi connectivity index (χ3n) is 3.04. The van der Waals surface area contributed by atoms with Gasteiger partial charge in [0.05, 0.1) is 12.8 Å². The first-order valence-corrected chi connectivity index (χ1v) is 7.79. The van der Waals surface area contributed by atoms with Crippen LogP contribution >= 0.6 is 34.8 Å². The van der Waals surface area contributed by atoms with Gasteiger partial charge in [0, 0.05) is 15.1 Å². The molecule has 0 aliphatic carbocycles. The highest BCUT2D eigenvalue weighted by atomic mass is 35.5. The summed E-state index contributed by atoms with van der Waals surface area (Å²) in [5, 5.41) is 13.1. The van der Waals surface area contributed by atoms with E-state index in [0.717, 1.165) is 0 Å². The number of nitrogens with zero attached hydrogens (tertiary/aromatic N) is 1. The number of hydrogen-bond acceptors (Lipinski definition) is 3. The van der Waals surface area contributed by atoms with E-state index in [9.17, 15) is 10.1 Å². The molecule has 4 nitrogen and oxygen atoms in total. The predicted molar refractivity (Wildman–Crippen MR) is 96.7 cm³/mol. The smallest absolute Gasteiger partial charge is 0.266 e. The van der Waals surface area contributed by atoms with Crippen LogP contribution in [0.1, 0.15) is 5.56 Å². The molecular formula is C17H11Cl3N2O2. The second-order valence-electron chi connectivity index (χ2n) is 4.63. The maximum atomic E-state index is 12.3. The molecule has 1 N–H and O–H groups in total. The number of amides is 1. The number of anilines is 1. The number of rotatable bonds is 4. The molecule has 0 unspecified atom stereocenters. The number of carbonyl (C=O) groups is 1. The summed E-state index contributed by atoms with van der Waals surface area (Å²) in [4.78, 5) is 12.3. The Hall–Kier alpha value is -2.19. The van der Waals surface area contributed by atoms with Crippen molar-refractivity contribution < 1.29 is 9.53 Å². The molecule has 0 fully saturated rings. The van der Waals surface area contributed by atoms with E-state index in [4.69, 9.17) is 39.5 Å². The van der Waals surface area contributed by atoms with Crippen LogP contribution in [0.15, 0.2) is 42.0 Å². The molecule has 0 aromatic heterocycles. The molecule has 0 atom stereocenters. The predicted octanol–water partition coefficient (Wildman–Crippen LogP) is 5.20. The van der Waals surface area contributed by atoms with Gasteiger partial charge in [-0.1, -0.05) is 40.9 Å². The van der Waals surface area contributed by atoms with E-state index in [0.29, 0.717) is 32.1 Å². The number of nitriles is 1. The lowest BCUT2D eigenvalue weighted by molar-refractivity contribution is -0.112. The monoisotopic (exact) mass is 380 g/mol. The highest BCUT2D eigenvalue weighted by Gasteiger charge is 2.13. The lowest BCUT2D eigenvalue weighted by Gasteiger charge is -2.10. The minimum absolute atomic E-state index is 0.124. The van der Waals surface area contributed by atoms with Gasteiger partial charge in [-0.3, -0.25) is 4.79 Å². The SMILES string of the molecule is COc1ccc(Cl)cc1NC(=O)/C(C#N)=C/c1ccc(Cl)cc1Cl. The molecule has 0 aliphatic rings. The molecule has 0 bridgehead atoms. The van der Waals surface area contributed by atoms with Crippen molar-refractivity contribution in [3.63, 3.8) is 0 Å². The molecule has 1 amide bonds. The number of nitrogens with one attached hydrogen (secondary N) is 1. The molecule has 0 saturated heterocycles. The average molecular weight is 382 g/mol. The molecule has 24 heavy (non-hydrogen) atoms. The average Bonchev–Trinajstić information content (AvgIpc) is 2.54. The van der Waals surface area contributed by atoms with Crippen molar-refractivity contribution in [3.8, 4) is 11.8 Å². The van der Waals surface area contributed by atoms with Gasteiger partial charge in [0.2, 0.25) is 0 Å². The van der Waals surface area contributed by atoms with Crippen LogP contribution in [0.5, 0.6) is 5.75 Å². The molecule has 122 valence electrons. The summed E-state index contributed by atoms with van der Waals surface area (Å²) >= 11 is 17.8. The lowest BCUT2D eigenvalue weighted by atomic mass is 10.1. The Morgan fingerprint density at radius 3 is 2.46 bits per heavy atom. The van der Waals surface area contributed by atoms with Crippen LogP contribution in [-0.4, -0.2) is 13.0 Å². The highest BCUT2D eigenvalue weighted by Crippen LogP contribution is 2.28. The Kier molecular flexibility index (Phi) is 6.10. The van der Waals surface area contributed by atoms with Crippen molar-refractivity contribution in [1.29, 1.82) is 5.26 Å². The van der Waals surface area contributed by atoms with Crippen molar-refractivity contribution in [2.45, 2.75) is 0 Å². The topological polar surface area (TPSA) is 62.1 Å². The quantitative estimate of drug-likeness (QED) is 0.585. The number of hydrogen-bond donors (Lipinski definition) is 1. The van der Waals surface area contributed by atoms with E-state index in [1.165, 1.54) is 25.3 Å². The van der Waals surface area contributed by atoms with Crippen molar-refractivity contribution >= 4 is 52.5 Å². The maximum Gasteiger partial charge on any atom is 0.266 e. The molecule has 2 rings (SSSR count). The van der Waals surface area contributed by atoms with Crippen LogP contribution in [0.25, 0.3) is 6.08 Å². The number of methoxy groups -OCH3 is 1. The number of ether oxygens (including phenoxy) is 1. The Balaban J connectivity index is 2.31. The zero-order chi connectivity index (χ0) is 17.7. The maximum absolute atomic E-state index is 12.3. The molecule has 2 aromatic rings. The summed E-state index contributed by atoms with van der Waals surface area (Å²) in [5.74, 6) is -0.182. The molecule has 0 saturated carbocycles. The number of carbonyl (C=O) groups excluding carboxylic acids is 1. The third-order valence-corrected chi connectivity index (χ3v) is 3.83. The molecule has 0 spiro atoms. The van der Waals surface area contributed by atoms with Crippen LogP contribution in [-0.2, 0) is 4.79 Å². The number of halogens is 3. The first-order valence-electron chi connectivity index (χ1n) is 6.66. The van der Waals surface area contributed by atoms with E-state index < -0.39 is 5.91 Å². The molecule has 0 aliphatic heterocycles. The Bertz CT molecular complexity index is 857. The van der Waals surface area contributed by atoms with E-state index in [1.807, 2.05) is 6.07 Å².